The highest BCUT2D eigenvalue weighted by Crippen LogP contribution is 2.20. The Morgan fingerprint density at radius 1 is 1.31 bits per heavy atom. The largest absolute Gasteiger partial charge is 0.360 e. The lowest BCUT2D eigenvalue weighted by molar-refractivity contribution is -0.122. The third-order valence-electron chi connectivity index (χ3n) is 4.30. The highest BCUT2D eigenvalue weighted by Gasteiger charge is 2.27. The summed E-state index contributed by atoms with van der Waals surface area (Å²) in [4.78, 5) is 28.5. The van der Waals surface area contributed by atoms with Gasteiger partial charge in [0.05, 0.1) is 17.1 Å². The van der Waals surface area contributed by atoms with Crippen molar-refractivity contribution in [3.8, 4) is 0 Å². The molecule has 1 aliphatic carbocycles. The molecule has 2 N–H and O–H groups in total. The van der Waals surface area contributed by atoms with Crippen LogP contribution in [0.4, 0.5) is 0 Å². The Morgan fingerprint density at radius 3 is 2.65 bits per heavy atom. The molecule has 3 rings (SSSR count). The summed E-state index contributed by atoms with van der Waals surface area (Å²) in [6, 6.07) is 1.80. The molecule has 1 fully saturated rings. The lowest BCUT2D eigenvalue weighted by Crippen LogP contribution is -2.37. The van der Waals surface area contributed by atoms with E-state index in [0.717, 1.165) is 30.0 Å². The van der Waals surface area contributed by atoms with Crippen LogP contribution in [0.3, 0.4) is 0 Å². The normalized spacial score (nSPS) is 19.5. The third-order valence-corrected chi connectivity index (χ3v) is 5.30. The predicted octanol–water partition coefficient (Wildman–Crippen LogP) is 2.42. The molecule has 2 unspecified atom stereocenters. The lowest BCUT2D eigenvalue weighted by Gasteiger charge is -2.14. The molecule has 0 aromatic carbocycles. The zero-order valence-corrected chi connectivity index (χ0v) is 16.0. The molecule has 0 radical (unpaired) electrons. The molecule has 2 aromatic rings. The summed E-state index contributed by atoms with van der Waals surface area (Å²) < 4.78 is 4.98. The fraction of sp³-hybridized carbons (Fsp3) is 0.529. The van der Waals surface area contributed by atoms with Crippen molar-refractivity contribution in [1.29, 1.82) is 0 Å². The van der Waals surface area contributed by atoms with Crippen molar-refractivity contribution >= 4 is 34.8 Å². The van der Waals surface area contributed by atoms with Gasteiger partial charge in [-0.2, -0.15) is 0 Å². The summed E-state index contributed by atoms with van der Waals surface area (Å²) in [6.45, 7) is 1.92. The number of halogens is 1. The molecule has 0 saturated heterocycles. The van der Waals surface area contributed by atoms with Crippen LogP contribution in [-0.2, 0) is 22.4 Å². The lowest BCUT2D eigenvalue weighted by atomic mass is 10.2. The van der Waals surface area contributed by atoms with E-state index in [1.807, 2.05) is 12.3 Å². The van der Waals surface area contributed by atoms with Crippen molar-refractivity contribution in [2.24, 2.45) is 0 Å². The summed E-state index contributed by atoms with van der Waals surface area (Å²) >= 11 is 7.22. The van der Waals surface area contributed by atoms with Crippen LogP contribution in [0.1, 0.15) is 42.1 Å². The number of hydrogen-bond donors (Lipinski definition) is 2. The number of aryl methyl sites for hydroxylation is 2. The van der Waals surface area contributed by atoms with E-state index in [1.165, 1.54) is 0 Å². The molecule has 2 aromatic heterocycles. The molecule has 7 nitrogen and oxygen atoms in total. The van der Waals surface area contributed by atoms with Crippen molar-refractivity contribution < 1.29 is 14.1 Å². The monoisotopic (exact) mass is 396 g/mol. The number of nitrogens with one attached hydrogen (secondary N) is 2. The first-order valence-electron chi connectivity index (χ1n) is 8.59. The zero-order chi connectivity index (χ0) is 18.5. The van der Waals surface area contributed by atoms with Gasteiger partial charge in [-0.25, -0.2) is 4.98 Å². The van der Waals surface area contributed by atoms with Crippen LogP contribution in [0, 0.1) is 6.92 Å². The van der Waals surface area contributed by atoms with Crippen LogP contribution in [0.15, 0.2) is 16.0 Å². The molecule has 1 aliphatic rings. The molecular weight excluding hydrogens is 376 g/mol. The second kappa shape index (κ2) is 8.64. The van der Waals surface area contributed by atoms with Crippen LogP contribution >= 0.6 is 22.9 Å². The molecule has 0 aliphatic heterocycles. The van der Waals surface area contributed by atoms with Gasteiger partial charge in [0.2, 0.25) is 11.8 Å². The van der Waals surface area contributed by atoms with E-state index in [4.69, 9.17) is 16.1 Å². The van der Waals surface area contributed by atoms with Crippen molar-refractivity contribution in [3.63, 3.8) is 0 Å². The first-order chi connectivity index (χ1) is 12.5. The number of thiazole rings is 1. The van der Waals surface area contributed by atoms with Gasteiger partial charge in [-0.3, -0.25) is 9.59 Å². The Kier molecular flexibility index (Phi) is 6.26. The summed E-state index contributed by atoms with van der Waals surface area (Å²) in [7, 11) is 0. The average Bonchev–Trinajstić information content (AvgIpc) is 3.29. The maximum Gasteiger partial charge on any atom is 0.226 e. The summed E-state index contributed by atoms with van der Waals surface area (Å²) in [5.74, 6) is 0.543. The van der Waals surface area contributed by atoms with Crippen molar-refractivity contribution in [1.82, 2.24) is 20.8 Å². The first kappa shape index (κ1) is 18.8. The molecule has 0 spiro atoms. The van der Waals surface area contributed by atoms with Gasteiger partial charge >= 0.3 is 0 Å². The minimum absolute atomic E-state index is 0.0190. The summed E-state index contributed by atoms with van der Waals surface area (Å²) in [5, 5.41) is 12.8. The maximum absolute atomic E-state index is 12.1. The van der Waals surface area contributed by atoms with Crippen LogP contribution in [0.2, 0.25) is 5.15 Å². The molecule has 26 heavy (non-hydrogen) atoms. The molecule has 2 amide bonds. The van der Waals surface area contributed by atoms with Crippen molar-refractivity contribution in [3.05, 3.63) is 33.1 Å². The third kappa shape index (κ3) is 5.54. The van der Waals surface area contributed by atoms with Gasteiger partial charge in [0.15, 0.2) is 5.15 Å². The van der Waals surface area contributed by atoms with Crippen LogP contribution < -0.4 is 10.6 Å². The standard InChI is InChI=1S/C17H21ClN4O3S/c1-10-19-13(9-26-10)7-17(24)21-12-3-2-11(6-12)20-16(23)5-4-14-8-15(18)22-25-14/h8-9,11-12H,2-7H2,1H3,(H,20,23)(H,21,24). The molecule has 0 bridgehead atoms. The summed E-state index contributed by atoms with van der Waals surface area (Å²) in [5.41, 5.74) is 0.806. The zero-order valence-electron chi connectivity index (χ0n) is 14.5. The smallest absolute Gasteiger partial charge is 0.226 e. The Bertz CT molecular complexity index is 776. The maximum atomic E-state index is 12.1. The van der Waals surface area contributed by atoms with E-state index in [1.54, 1.807) is 17.4 Å². The first-order valence-corrected chi connectivity index (χ1v) is 9.84. The topological polar surface area (TPSA) is 97.1 Å². The van der Waals surface area contributed by atoms with Gasteiger partial charge in [-0.15, -0.1) is 11.3 Å². The highest BCUT2D eigenvalue weighted by atomic mass is 35.5. The van der Waals surface area contributed by atoms with Crippen molar-refractivity contribution in [2.45, 2.75) is 57.5 Å². The van der Waals surface area contributed by atoms with Gasteiger partial charge in [0.1, 0.15) is 5.76 Å². The Labute approximate surface area is 160 Å². The minimum Gasteiger partial charge on any atom is -0.360 e. The SMILES string of the molecule is Cc1nc(CC(=O)NC2CCC(NC(=O)CCc3cc(Cl)no3)C2)cs1. The number of carbonyl (C=O) groups is 2. The van der Waals surface area contributed by atoms with E-state index in [0.29, 0.717) is 30.2 Å². The number of hydrogen-bond acceptors (Lipinski definition) is 6. The van der Waals surface area contributed by atoms with Crippen LogP contribution in [-0.4, -0.2) is 34.0 Å². The fourth-order valence-corrected chi connectivity index (χ4v) is 3.89. The predicted molar refractivity (Wildman–Crippen MR) is 98.1 cm³/mol. The van der Waals surface area contributed by atoms with E-state index in [9.17, 15) is 9.59 Å². The van der Waals surface area contributed by atoms with Gasteiger partial charge in [0, 0.05) is 36.4 Å². The molecule has 1 saturated carbocycles. The van der Waals surface area contributed by atoms with E-state index >= 15 is 0 Å². The van der Waals surface area contributed by atoms with Crippen LogP contribution in [0.25, 0.3) is 0 Å². The minimum atomic E-state index is -0.0348. The molecule has 9 heteroatoms. The second-order valence-corrected chi connectivity index (χ2v) is 7.94. The highest BCUT2D eigenvalue weighted by molar-refractivity contribution is 7.09. The van der Waals surface area contributed by atoms with E-state index < -0.39 is 0 Å². The molecule has 140 valence electrons. The van der Waals surface area contributed by atoms with E-state index in [-0.39, 0.29) is 23.9 Å². The van der Waals surface area contributed by atoms with Gasteiger partial charge in [0.25, 0.3) is 0 Å². The number of aromatic nitrogens is 2. The Hall–Kier alpha value is -1.93. The van der Waals surface area contributed by atoms with Crippen LogP contribution in [0.5, 0.6) is 0 Å². The Morgan fingerprint density at radius 2 is 2.04 bits per heavy atom. The van der Waals surface area contributed by atoms with Crippen molar-refractivity contribution in [2.75, 3.05) is 0 Å². The number of carbonyl (C=O) groups excluding carboxylic acids is 2. The second-order valence-electron chi connectivity index (χ2n) is 6.49. The quantitative estimate of drug-likeness (QED) is 0.749. The summed E-state index contributed by atoms with van der Waals surface area (Å²) in [6.07, 6.45) is 3.57. The molecule has 2 atom stereocenters. The molecular formula is C17H21ClN4O3S. The van der Waals surface area contributed by atoms with Gasteiger partial charge in [-0.1, -0.05) is 16.8 Å². The number of nitrogens with zero attached hydrogens (tertiary/aromatic N) is 2. The Balaban J connectivity index is 1.36. The van der Waals surface area contributed by atoms with E-state index in [2.05, 4.69) is 20.8 Å². The molecule has 2 heterocycles. The number of rotatable bonds is 7. The average molecular weight is 397 g/mol. The van der Waals surface area contributed by atoms with Gasteiger partial charge < -0.3 is 15.2 Å². The fourth-order valence-electron chi connectivity index (χ4n) is 3.12. The van der Waals surface area contributed by atoms with Gasteiger partial charge in [-0.05, 0) is 26.2 Å². The number of amides is 2.